The van der Waals surface area contributed by atoms with Crippen LogP contribution in [0.1, 0.15) is 32.4 Å². The Morgan fingerprint density at radius 1 is 0.926 bits per heavy atom. The number of benzene rings is 2. The lowest BCUT2D eigenvalue weighted by Gasteiger charge is -2.30. The quantitative estimate of drug-likeness (QED) is 0.698. The molecule has 0 aliphatic carbocycles. The molecule has 2 rings (SSSR count). The van der Waals surface area contributed by atoms with Gasteiger partial charge in [-0.05, 0) is 44.5 Å². The third-order valence-electron chi connectivity index (χ3n) is 4.15. The van der Waals surface area contributed by atoms with Crippen LogP contribution in [0.3, 0.4) is 0 Å². The Balaban J connectivity index is 2.10. The van der Waals surface area contributed by atoms with E-state index >= 15 is 0 Å². The highest BCUT2D eigenvalue weighted by molar-refractivity contribution is 7.91. The topological polar surface area (TPSA) is 92.3 Å². The first-order chi connectivity index (χ1) is 12.4. The molecule has 1 atom stereocenters. The van der Waals surface area contributed by atoms with Gasteiger partial charge in [-0.2, -0.15) is 0 Å². The Labute approximate surface area is 162 Å². The van der Waals surface area contributed by atoms with Gasteiger partial charge < -0.3 is 5.32 Å². The van der Waals surface area contributed by atoms with Crippen LogP contribution in [0.15, 0.2) is 64.4 Å². The van der Waals surface area contributed by atoms with E-state index in [0.717, 1.165) is 11.8 Å². The monoisotopic (exact) mass is 410 g/mol. The average molecular weight is 411 g/mol. The standard InChI is InChI=1S/C19H26N2O4S2/c1-15(16-9-6-5-7-10-16)21-19(2,3)14-20-27(24,25)18-12-8-11-17(13-18)26(4,22)23/h5-13,15,20-21H,14H2,1-4H3. The molecule has 27 heavy (non-hydrogen) atoms. The van der Waals surface area contributed by atoms with Gasteiger partial charge in [0.25, 0.3) is 0 Å². The first-order valence-electron chi connectivity index (χ1n) is 8.53. The second-order valence-corrected chi connectivity index (χ2v) is 11.0. The van der Waals surface area contributed by atoms with Gasteiger partial charge in [-0.3, -0.25) is 0 Å². The van der Waals surface area contributed by atoms with Crippen molar-refractivity contribution in [3.63, 3.8) is 0 Å². The van der Waals surface area contributed by atoms with Crippen molar-refractivity contribution < 1.29 is 16.8 Å². The van der Waals surface area contributed by atoms with Crippen LogP contribution in [0, 0.1) is 0 Å². The number of sulfonamides is 1. The summed E-state index contributed by atoms with van der Waals surface area (Å²) in [5.74, 6) is 0. The number of hydrogen-bond donors (Lipinski definition) is 2. The molecule has 0 aliphatic rings. The van der Waals surface area contributed by atoms with Crippen LogP contribution in [0.25, 0.3) is 0 Å². The molecule has 1 unspecified atom stereocenters. The summed E-state index contributed by atoms with van der Waals surface area (Å²) in [5.41, 5.74) is 0.589. The van der Waals surface area contributed by atoms with Crippen LogP contribution < -0.4 is 10.0 Å². The molecule has 0 amide bonds. The van der Waals surface area contributed by atoms with E-state index in [9.17, 15) is 16.8 Å². The van der Waals surface area contributed by atoms with Crippen LogP contribution in [-0.2, 0) is 19.9 Å². The van der Waals surface area contributed by atoms with E-state index in [1.807, 2.05) is 51.1 Å². The molecule has 2 aromatic rings. The highest BCUT2D eigenvalue weighted by atomic mass is 32.2. The Kier molecular flexibility index (Phi) is 6.47. The van der Waals surface area contributed by atoms with E-state index in [0.29, 0.717) is 0 Å². The van der Waals surface area contributed by atoms with Crippen molar-refractivity contribution in [1.82, 2.24) is 10.0 Å². The molecule has 0 bridgehead atoms. The summed E-state index contributed by atoms with van der Waals surface area (Å²) in [5, 5.41) is 3.41. The maximum absolute atomic E-state index is 12.6. The van der Waals surface area contributed by atoms with E-state index in [1.165, 1.54) is 24.3 Å². The van der Waals surface area contributed by atoms with Crippen molar-refractivity contribution >= 4 is 19.9 Å². The lowest BCUT2D eigenvalue weighted by atomic mass is 10.0. The molecule has 2 N–H and O–H groups in total. The zero-order valence-electron chi connectivity index (χ0n) is 15.9. The SMILES string of the molecule is CC(NC(C)(C)CNS(=O)(=O)c1cccc(S(C)(=O)=O)c1)c1ccccc1. The van der Waals surface area contributed by atoms with Crippen LogP contribution in [-0.4, -0.2) is 35.2 Å². The van der Waals surface area contributed by atoms with Gasteiger partial charge in [-0.1, -0.05) is 36.4 Å². The van der Waals surface area contributed by atoms with E-state index in [2.05, 4.69) is 10.0 Å². The zero-order valence-corrected chi connectivity index (χ0v) is 17.6. The van der Waals surface area contributed by atoms with E-state index < -0.39 is 25.4 Å². The summed E-state index contributed by atoms with van der Waals surface area (Å²) in [7, 11) is -7.31. The van der Waals surface area contributed by atoms with Crippen molar-refractivity contribution in [3.8, 4) is 0 Å². The highest BCUT2D eigenvalue weighted by Gasteiger charge is 2.25. The van der Waals surface area contributed by atoms with Gasteiger partial charge in [0, 0.05) is 24.4 Å². The predicted molar refractivity (Wildman–Crippen MR) is 107 cm³/mol. The number of nitrogens with one attached hydrogen (secondary N) is 2. The lowest BCUT2D eigenvalue weighted by molar-refractivity contribution is 0.346. The van der Waals surface area contributed by atoms with Gasteiger partial charge in [0.05, 0.1) is 9.79 Å². The fourth-order valence-electron chi connectivity index (χ4n) is 2.69. The first-order valence-corrected chi connectivity index (χ1v) is 11.9. The summed E-state index contributed by atoms with van der Waals surface area (Å²) < 4.78 is 51.0. The van der Waals surface area contributed by atoms with Crippen molar-refractivity contribution in [3.05, 3.63) is 60.2 Å². The zero-order chi connectivity index (χ0) is 20.3. The molecule has 0 radical (unpaired) electrons. The van der Waals surface area contributed by atoms with Gasteiger partial charge in [0.15, 0.2) is 9.84 Å². The van der Waals surface area contributed by atoms with Crippen molar-refractivity contribution in [2.24, 2.45) is 0 Å². The van der Waals surface area contributed by atoms with Crippen LogP contribution in [0.4, 0.5) is 0 Å². The second kappa shape index (κ2) is 8.10. The largest absolute Gasteiger partial charge is 0.304 e. The molecule has 0 heterocycles. The molecule has 2 aromatic carbocycles. The van der Waals surface area contributed by atoms with Crippen molar-refractivity contribution in [2.45, 2.75) is 42.1 Å². The smallest absolute Gasteiger partial charge is 0.240 e. The molecule has 0 fully saturated rings. The summed E-state index contributed by atoms with van der Waals surface area (Å²) in [6.45, 7) is 5.97. The Morgan fingerprint density at radius 3 is 2.11 bits per heavy atom. The number of rotatable bonds is 8. The van der Waals surface area contributed by atoms with Gasteiger partial charge in [0.2, 0.25) is 10.0 Å². The maximum Gasteiger partial charge on any atom is 0.240 e. The molecule has 148 valence electrons. The molecule has 6 nitrogen and oxygen atoms in total. The van der Waals surface area contributed by atoms with Gasteiger partial charge >= 0.3 is 0 Å². The second-order valence-electron chi connectivity index (χ2n) is 7.23. The van der Waals surface area contributed by atoms with Gasteiger partial charge in [-0.25, -0.2) is 21.6 Å². The van der Waals surface area contributed by atoms with Crippen molar-refractivity contribution in [1.29, 1.82) is 0 Å². The summed E-state index contributed by atoms with van der Waals surface area (Å²) >= 11 is 0. The third-order valence-corrected chi connectivity index (χ3v) is 6.66. The molecule has 0 spiro atoms. The number of sulfone groups is 1. The minimum Gasteiger partial charge on any atom is -0.304 e. The van der Waals surface area contributed by atoms with Crippen LogP contribution in [0.2, 0.25) is 0 Å². The van der Waals surface area contributed by atoms with E-state index in [-0.39, 0.29) is 22.4 Å². The minimum absolute atomic E-state index is 0.0274. The lowest BCUT2D eigenvalue weighted by Crippen LogP contribution is -2.49. The Hall–Kier alpha value is -1.74. The van der Waals surface area contributed by atoms with Gasteiger partial charge in [0.1, 0.15) is 0 Å². The molecule has 8 heteroatoms. The normalized spacial score (nSPS) is 14.1. The third kappa shape index (κ3) is 6.14. The summed E-state index contributed by atoms with van der Waals surface area (Å²) in [6.07, 6.45) is 1.05. The molecular formula is C19H26N2O4S2. The van der Waals surface area contributed by atoms with Crippen LogP contribution >= 0.6 is 0 Å². The minimum atomic E-state index is -3.83. The highest BCUT2D eigenvalue weighted by Crippen LogP contribution is 2.18. The molecule has 0 saturated heterocycles. The van der Waals surface area contributed by atoms with E-state index in [1.54, 1.807) is 0 Å². The molecule has 0 aliphatic heterocycles. The Bertz CT molecular complexity index is 985. The summed E-state index contributed by atoms with van der Waals surface area (Å²) in [4.78, 5) is -0.0993. The average Bonchev–Trinajstić information content (AvgIpc) is 2.60. The number of hydrogen-bond acceptors (Lipinski definition) is 5. The van der Waals surface area contributed by atoms with Crippen molar-refractivity contribution in [2.75, 3.05) is 12.8 Å². The maximum atomic E-state index is 12.6. The fourth-order valence-corrected chi connectivity index (χ4v) is 4.69. The van der Waals surface area contributed by atoms with Gasteiger partial charge in [-0.15, -0.1) is 0 Å². The Morgan fingerprint density at radius 2 is 1.52 bits per heavy atom. The van der Waals surface area contributed by atoms with E-state index in [4.69, 9.17) is 0 Å². The molecule has 0 aromatic heterocycles. The summed E-state index contributed by atoms with van der Waals surface area (Å²) in [6, 6.07) is 15.3. The first kappa shape index (κ1) is 21.6. The molecule has 0 saturated carbocycles. The fraction of sp³-hybridized carbons (Fsp3) is 0.368. The van der Waals surface area contributed by atoms with Crippen LogP contribution in [0.5, 0.6) is 0 Å². The predicted octanol–water partition coefficient (Wildman–Crippen LogP) is 2.50. The molecular weight excluding hydrogens is 384 g/mol.